The Labute approximate surface area is 117 Å². The number of nitrogens with two attached hydrogens (primary N) is 1. The molecule has 0 bridgehead atoms. The Hall–Kier alpha value is -0.710. The molecular formula is C13H18ClNO2S. The summed E-state index contributed by atoms with van der Waals surface area (Å²) < 4.78 is 0. The van der Waals surface area contributed by atoms with Crippen LogP contribution in [0.15, 0.2) is 18.2 Å². The number of carboxylic acids is 1. The largest absolute Gasteiger partial charge is 0.480 e. The predicted octanol–water partition coefficient (Wildman–Crippen LogP) is 2.73. The fourth-order valence-corrected chi connectivity index (χ4v) is 2.88. The monoisotopic (exact) mass is 287 g/mol. The topological polar surface area (TPSA) is 63.3 Å². The first-order valence-electron chi connectivity index (χ1n) is 5.82. The summed E-state index contributed by atoms with van der Waals surface area (Å²) in [5.74, 6) is 0.756. The summed E-state index contributed by atoms with van der Waals surface area (Å²) in [5, 5.41) is 9.44. The van der Waals surface area contributed by atoms with Crippen LogP contribution in [-0.4, -0.2) is 28.6 Å². The molecule has 18 heavy (non-hydrogen) atoms. The highest BCUT2D eigenvalue weighted by Gasteiger charge is 2.10. The van der Waals surface area contributed by atoms with E-state index in [9.17, 15) is 4.79 Å². The third kappa shape index (κ3) is 4.88. The van der Waals surface area contributed by atoms with E-state index in [2.05, 4.69) is 0 Å². The van der Waals surface area contributed by atoms with Gasteiger partial charge in [-0.3, -0.25) is 4.79 Å². The van der Waals surface area contributed by atoms with Crippen molar-refractivity contribution in [1.29, 1.82) is 0 Å². The van der Waals surface area contributed by atoms with E-state index in [1.54, 1.807) is 11.8 Å². The normalized spacial score (nSPS) is 12.4. The van der Waals surface area contributed by atoms with E-state index in [1.807, 2.05) is 25.1 Å². The number of halogens is 1. The van der Waals surface area contributed by atoms with E-state index >= 15 is 0 Å². The summed E-state index contributed by atoms with van der Waals surface area (Å²) in [6.45, 7) is 2.05. The second-order valence-corrected chi connectivity index (χ2v) is 5.76. The van der Waals surface area contributed by atoms with Gasteiger partial charge in [-0.15, -0.1) is 0 Å². The summed E-state index contributed by atoms with van der Waals surface area (Å²) in [6.07, 6.45) is 1.40. The van der Waals surface area contributed by atoms with Gasteiger partial charge in [0.1, 0.15) is 6.04 Å². The van der Waals surface area contributed by atoms with Gasteiger partial charge in [0.15, 0.2) is 0 Å². The molecule has 1 unspecified atom stereocenters. The Bertz CT molecular complexity index is 392. The van der Waals surface area contributed by atoms with Crippen molar-refractivity contribution in [1.82, 2.24) is 0 Å². The molecule has 0 fully saturated rings. The van der Waals surface area contributed by atoms with Gasteiger partial charge >= 0.3 is 5.97 Å². The smallest absolute Gasteiger partial charge is 0.320 e. The minimum absolute atomic E-state index is 0.501. The lowest BCUT2D eigenvalue weighted by molar-refractivity contribution is -0.138. The van der Waals surface area contributed by atoms with E-state index in [0.29, 0.717) is 6.42 Å². The molecule has 1 atom stereocenters. The zero-order valence-corrected chi connectivity index (χ0v) is 11.9. The molecule has 0 aliphatic carbocycles. The van der Waals surface area contributed by atoms with Gasteiger partial charge in [-0.1, -0.05) is 23.7 Å². The van der Waals surface area contributed by atoms with Gasteiger partial charge in [-0.2, -0.15) is 11.8 Å². The molecule has 0 saturated carbocycles. The van der Waals surface area contributed by atoms with Crippen LogP contribution in [0.5, 0.6) is 0 Å². The number of carboxylic acid groups (broad SMARTS) is 1. The lowest BCUT2D eigenvalue weighted by Gasteiger charge is -2.09. The maximum Gasteiger partial charge on any atom is 0.320 e. The number of hydrogen-bond donors (Lipinski definition) is 2. The van der Waals surface area contributed by atoms with Crippen molar-refractivity contribution in [3.05, 3.63) is 34.3 Å². The van der Waals surface area contributed by atoms with E-state index in [1.165, 1.54) is 11.1 Å². The van der Waals surface area contributed by atoms with Crippen LogP contribution in [0.25, 0.3) is 0 Å². The van der Waals surface area contributed by atoms with Crippen LogP contribution in [-0.2, 0) is 11.2 Å². The summed E-state index contributed by atoms with van der Waals surface area (Å²) >= 11 is 7.84. The number of rotatable bonds is 7. The second kappa shape index (κ2) is 7.67. The zero-order valence-electron chi connectivity index (χ0n) is 10.4. The first kappa shape index (κ1) is 15.3. The first-order valence-corrected chi connectivity index (χ1v) is 7.35. The molecule has 3 N–H and O–H groups in total. The maximum absolute atomic E-state index is 10.5. The van der Waals surface area contributed by atoms with Gasteiger partial charge < -0.3 is 10.8 Å². The van der Waals surface area contributed by atoms with Gasteiger partial charge in [0.2, 0.25) is 0 Å². The third-order valence-corrected chi connectivity index (χ3v) is 4.11. The molecule has 1 aromatic rings. The fraction of sp³-hybridized carbons (Fsp3) is 0.462. The molecule has 0 heterocycles. The van der Waals surface area contributed by atoms with Crippen LogP contribution in [0.4, 0.5) is 0 Å². The van der Waals surface area contributed by atoms with Crippen LogP contribution in [0, 0.1) is 6.92 Å². The Morgan fingerprint density at radius 2 is 2.22 bits per heavy atom. The van der Waals surface area contributed by atoms with Gasteiger partial charge in [-0.25, -0.2) is 0 Å². The van der Waals surface area contributed by atoms with Crippen molar-refractivity contribution >= 4 is 29.3 Å². The molecule has 5 heteroatoms. The van der Waals surface area contributed by atoms with Gasteiger partial charge in [0.25, 0.3) is 0 Å². The van der Waals surface area contributed by atoms with E-state index in [0.717, 1.165) is 22.9 Å². The van der Waals surface area contributed by atoms with Crippen LogP contribution in [0.1, 0.15) is 17.5 Å². The van der Waals surface area contributed by atoms with Crippen LogP contribution in [0.2, 0.25) is 5.02 Å². The van der Waals surface area contributed by atoms with Crippen molar-refractivity contribution in [3.8, 4) is 0 Å². The summed E-state index contributed by atoms with van der Waals surface area (Å²) in [7, 11) is 0. The molecule has 1 rings (SSSR count). The molecular weight excluding hydrogens is 270 g/mol. The summed E-state index contributed by atoms with van der Waals surface area (Å²) in [5.41, 5.74) is 7.80. The SMILES string of the molecule is Cc1cccc(Cl)c1CCSCCC(N)C(=O)O. The van der Waals surface area contributed by atoms with Crippen LogP contribution < -0.4 is 5.73 Å². The molecule has 0 amide bonds. The lowest BCUT2D eigenvalue weighted by Crippen LogP contribution is -2.30. The zero-order chi connectivity index (χ0) is 13.5. The molecule has 0 aliphatic heterocycles. The van der Waals surface area contributed by atoms with E-state index in [-0.39, 0.29) is 0 Å². The number of aliphatic carboxylic acids is 1. The van der Waals surface area contributed by atoms with Crippen LogP contribution in [0.3, 0.4) is 0 Å². The average molecular weight is 288 g/mol. The predicted molar refractivity (Wildman–Crippen MR) is 77.4 cm³/mol. The summed E-state index contributed by atoms with van der Waals surface area (Å²) in [6, 6.07) is 5.14. The highest BCUT2D eigenvalue weighted by molar-refractivity contribution is 7.99. The van der Waals surface area contributed by atoms with Crippen molar-refractivity contribution in [2.45, 2.75) is 25.8 Å². The van der Waals surface area contributed by atoms with Crippen LogP contribution >= 0.6 is 23.4 Å². The quantitative estimate of drug-likeness (QED) is 0.757. The Kier molecular flexibility index (Phi) is 6.54. The van der Waals surface area contributed by atoms with Crippen molar-refractivity contribution in [3.63, 3.8) is 0 Å². The van der Waals surface area contributed by atoms with E-state index in [4.69, 9.17) is 22.4 Å². The average Bonchev–Trinajstić information content (AvgIpc) is 2.31. The molecule has 1 aromatic carbocycles. The maximum atomic E-state index is 10.5. The molecule has 0 radical (unpaired) electrons. The molecule has 0 saturated heterocycles. The van der Waals surface area contributed by atoms with Crippen molar-refractivity contribution < 1.29 is 9.90 Å². The second-order valence-electron chi connectivity index (χ2n) is 4.13. The minimum atomic E-state index is -0.933. The molecule has 0 aliphatic rings. The fourth-order valence-electron chi connectivity index (χ4n) is 1.59. The molecule has 3 nitrogen and oxygen atoms in total. The Balaban J connectivity index is 2.28. The number of hydrogen-bond acceptors (Lipinski definition) is 3. The number of benzene rings is 1. The van der Waals surface area contributed by atoms with Crippen molar-refractivity contribution in [2.24, 2.45) is 5.73 Å². The summed E-state index contributed by atoms with van der Waals surface area (Å²) in [4.78, 5) is 10.5. The Morgan fingerprint density at radius 3 is 2.83 bits per heavy atom. The number of thioether (sulfide) groups is 1. The van der Waals surface area contributed by atoms with Gasteiger partial charge in [-0.05, 0) is 48.5 Å². The molecule has 0 aromatic heterocycles. The lowest BCUT2D eigenvalue weighted by atomic mass is 10.1. The standard InChI is InChI=1S/C13H18ClNO2S/c1-9-3-2-4-11(14)10(9)5-7-18-8-6-12(15)13(16)17/h2-4,12H,5-8,15H2,1H3,(H,16,17). The number of carbonyl (C=O) groups is 1. The molecule has 100 valence electrons. The van der Waals surface area contributed by atoms with Crippen molar-refractivity contribution in [2.75, 3.05) is 11.5 Å². The van der Waals surface area contributed by atoms with E-state index < -0.39 is 12.0 Å². The number of aryl methyl sites for hydroxylation is 1. The minimum Gasteiger partial charge on any atom is -0.480 e. The highest BCUT2D eigenvalue weighted by Crippen LogP contribution is 2.21. The van der Waals surface area contributed by atoms with Gasteiger partial charge in [0, 0.05) is 5.02 Å². The highest BCUT2D eigenvalue weighted by atomic mass is 35.5. The third-order valence-electron chi connectivity index (χ3n) is 2.74. The molecule has 0 spiro atoms. The van der Waals surface area contributed by atoms with Gasteiger partial charge in [0.05, 0.1) is 0 Å². The first-order chi connectivity index (χ1) is 8.52. The Morgan fingerprint density at radius 1 is 1.50 bits per heavy atom.